The molecule has 2 aromatic carbocycles. The van der Waals surface area contributed by atoms with Gasteiger partial charge in [0.25, 0.3) is 0 Å². The quantitative estimate of drug-likeness (QED) is 0.497. The van der Waals surface area contributed by atoms with Crippen molar-refractivity contribution in [3.63, 3.8) is 0 Å². The lowest BCUT2D eigenvalue weighted by Gasteiger charge is -2.02. The van der Waals surface area contributed by atoms with Gasteiger partial charge in [-0.1, -0.05) is 41.8 Å². The van der Waals surface area contributed by atoms with E-state index < -0.39 is 0 Å². The van der Waals surface area contributed by atoms with Crippen LogP contribution in [0, 0.1) is 0 Å². The minimum atomic E-state index is 0.897. The molecule has 0 bridgehead atoms. The van der Waals surface area contributed by atoms with Gasteiger partial charge in [-0.05, 0) is 5.39 Å². The summed E-state index contributed by atoms with van der Waals surface area (Å²) in [4.78, 5) is 0. The molecule has 0 atom stereocenters. The van der Waals surface area contributed by atoms with E-state index in [2.05, 4.69) is 18.2 Å². The number of benzene rings is 2. The van der Waals surface area contributed by atoms with Gasteiger partial charge in [0.15, 0.2) is 0 Å². The van der Waals surface area contributed by atoms with Gasteiger partial charge in [-0.15, -0.1) is 29.7 Å². The lowest BCUT2D eigenvalue weighted by molar-refractivity contribution is 0.612. The highest BCUT2D eigenvalue weighted by atomic mass is 16.3. The lowest BCUT2D eigenvalue weighted by Crippen LogP contribution is -1.70. The first kappa shape index (κ1) is 9.10. The van der Waals surface area contributed by atoms with Crippen molar-refractivity contribution in [1.82, 2.24) is 0 Å². The summed E-state index contributed by atoms with van der Waals surface area (Å²) in [7, 11) is 0. The third kappa shape index (κ3) is 1.57. The van der Waals surface area contributed by atoms with Gasteiger partial charge in [0.05, 0.1) is 11.8 Å². The molecule has 0 aliphatic rings. The summed E-state index contributed by atoms with van der Waals surface area (Å²) in [5, 5.41) is 3.39. The zero-order valence-electron chi connectivity index (χ0n) is 8.76. The summed E-state index contributed by atoms with van der Waals surface area (Å²) in [5.74, 6) is 0. The maximum absolute atomic E-state index is 5.68. The Balaban J connectivity index is 2.45. The molecule has 0 amide bonds. The van der Waals surface area contributed by atoms with Crippen molar-refractivity contribution in [1.29, 1.82) is 0 Å². The van der Waals surface area contributed by atoms with E-state index in [1.54, 1.807) is 6.26 Å². The average Bonchev–Trinajstić information content (AvgIpc) is 2.32. The normalized spacial score (nSPS) is 10.5. The van der Waals surface area contributed by atoms with E-state index in [4.69, 9.17) is 4.42 Å². The fourth-order valence-corrected chi connectivity index (χ4v) is 1.80. The molecule has 3 rings (SSSR count). The SMILES string of the molecule is c1ccc2coc3ccccc3[cH-]cc2c1. The third-order valence-corrected chi connectivity index (χ3v) is 2.67. The van der Waals surface area contributed by atoms with Gasteiger partial charge in [-0.25, -0.2) is 0 Å². The molecule has 78 valence electrons. The van der Waals surface area contributed by atoms with Crippen molar-refractivity contribution >= 4 is 21.7 Å². The molecule has 0 radical (unpaired) electrons. The third-order valence-electron chi connectivity index (χ3n) is 2.67. The Morgan fingerprint density at radius 1 is 0.812 bits per heavy atom. The van der Waals surface area contributed by atoms with Gasteiger partial charge in [0.1, 0.15) is 0 Å². The van der Waals surface area contributed by atoms with Crippen molar-refractivity contribution < 1.29 is 4.42 Å². The molecule has 0 spiro atoms. The Morgan fingerprint density at radius 3 is 2.50 bits per heavy atom. The van der Waals surface area contributed by atoms with Gasteiger partial charge in [-0.3, -0.25) is 0 Å². The molecule has 0 aliphatic heterocycles. The number of rotatable bonds is 0. The van der Waals surface area contributed by atoms with Crippen LogP contribution in [0.15, 0.2) is 71.3 Å². The van der Waals surface area contributed by atoms with Crippen LogP contribution in [0.2, 0.25) is 0 Å². The minimum absolute atomic E-state index is 0.897. The molecule has 3 aromatic rings. The van der Waals surface area contributed by atoms with Gasteiger partial charge in [0, 0.05) is 0 Å². The second kappa shape index (κ2) is 3.78. The van der Waals surface area contributed by atoms with Crippen LogP contribution in [0.4, 0.5) is 0 Å². The standard InChI is InChI=1S/C15H11O/c1-2-7-14-11-16-15-8-4-3-6-13(15)10-9-12(14)5-1/h1-11H/q-1. The first-order chi connectivity index (χ1) is 7.93. The second-order valence-electron chi connectivity index (χ2n) is 3.74. The van der Waals surface area contributed by atoms with E-state index in [-0.39, 0.29) is 0 Å². The van der Waals surface area contributed by atoms with E-state index in [0.717, 1.165) is 16.4 Å². The predicted molar refractivity (Wildman–Crippen MR) is 66.9 cm³/mol. The van der Waals surface area contributed by atoms with E-state index in [1.807, 2.05) is 42.5 Å². The van der Waals surface area contributed by atoms with E-state index in [9.17, 15) is 0 Å². The molecule has 1 nitrogen and oxygen atoms in total. The molecule has 1 heteroatoms. The summed E-state index contributed by atoms with van der Waals surface area (Å²) in [6, 6.07) is 20.4. The van der Waals surface area contributed by atoms with Gasteiger partial charge < -0.3 is 4.42 Å². The van der Waals surface area contributed by atoms with Crippen LogP contribution in [0.25, 0.3) is 21.7 Å². The van der Waals surface area contributed by atoms with Crippen molar-refractivity contribution in [2.45, 2.75) is 0 Å². The Hall–Kier alpha value is -2.15. The first-order valence-electron chi connectivity index (χ1n) is 5.29. The number of fused-ring (bicyclic) bond motifs is 2. The van der Waals surface area contributed by atoms with E-state index >= 15 is 0 Å². The monoisotopic (exact) mass is 207 g/mol. The van der Waals surface area contributed by atoms with Gasteiger partial charge in [0.2, 0.25) is 0 Å². The summed E-state index contributed by atoms with van der Waals surface area (Å²) in [6.07, 6.45) is 1.80. The summed E-state index contributed by atoms with van der Waals surface area (Å²) in [6.45, 7) is 0. The zero-order chi connectivity index (χ0) is 10.8. The minimum Gasteiger partial charge on any atom is -0.508 e. The maximum atomic E-state index is 5.68. The number of hydrogen-bond donors (Lipinski definition) is 0. The smallest absolute Gasteiger partial charge is 0.0761 e. The Kier molecular flexibility index (Phi) is 2.15. The highest BCUT2D eigenvalue weighted by Crippen LogP contribution is 2.16. The van der Waals surface area contributed by atoms with Gasteiger partial charge >= 0.3 is 0 Å². The molecule has 16 heavy (non-hydrogen) atoms. The highest BCUT2D eigenvalue weighted by molar-refractivity contribution is 5.84. The van der Waals surface area contributed by atoms with Crippen LogP contribution in [0.1, 0.15) is 0 Å². The molecule has 1 aromatic heterocycles. The highest BCUT2D eigenvalue weighted by Gasteiger charge is 1.85. The molecule has 1 heterocycles. The second-order valence-corrected chi connectivity index (χ2v) is 3.74. The van der Waals surface area contributed by atoms with E-state index in [1.165, 1.54) is 5.39 Å². The van der Waals surface area contributed by atoms with Crippen LogP contribution in [0.3, 0.4) is 0 Å². The van der Waals surface area contributed by atoms with Crippen LogP contribution in [-0.4, -0.2) is 0 Å². The van der Waals surface area contributed by atoms with Crippen molar-refractivity contribution in [2.24, 2.45) is 0 Å². The topological polar surface area (TPSA) is 13.1 Å². The maximum Gasteiger partial charge on any atom is 0.0761 e. The molecule has 0 unspecified atom stereocenters. The van der Waals surface area contributed by atoms with Crippen molar-refractivity contribution in [3.8, 4) is 0 Å². The summed E-state index contributed by atoms with van der Waals surface area (Å²) >= 11 is 0. The Labute approximate surface area is 93.6 Å². The number of hydrogen-bond acceptors (Lipinski definition) is 1. The molecular formula is C15H11O-. The summed E-state index contributed by atoms with van der Waals surface area (Å²) in [5.41, 5.74) is 0.897. The average molecular weight is 207 g/mol. The van der Waals surface area contributed by atoms with Crippen LogP contribution >= 0.6 is 0 Å². The largest absolute Gasteiger partial charge is 0.508 e. The molecular weight excluding hydrogens is 196 g/mol. The lowest BCUT2D eigenvalue weighted by atomic mass is 10.2. The van der Waals surface area contributed by atoms with Crippen molar-refractivity contribution in [2.75, 3.05) is 0 Å². The van der Waals surface area contributed by atoms with Crippen LogP contribution < -0.4 is 0 Å². The first-order valence-corrected chi connectivity index (χ1v) is 5.29. The zero-order valence-corrected chi connectivity index (χ0v) is 8.76. The van der Waals surface area contributed by atoms with Gasteiger partial charge in [-0.2, -0.15) is 0 Å². The molecule has 0 saturated carbocycles. The predicted octanol–water partition coefficient (Wildman–Crippen LogP) is 4.43. The van der Waals surface area contributed by atoms with Crippen molar-refractivity contribution in [3.05, 3.63) is 66.9 Å². The summed E-state index contributed by atoms with van der Waals surface area (Å²) < 4.78 is 5.68. The number of para-hydroxylation sites is 1. The van der Waals surface area contributed by atoms with E-state index in [0.29, 0.717) is 0 Å². The fourth-order valence-electron chi connectivity index (χ4n) is 1.80. The molecule has 0 N–H and O–H groups in total. The Morgan fingerprint density at radius 2 is 1.56 bits per heavy atom. The molecule has 0 saturated heterocycles. The molecule has 0 fully saturated rings. The van der Waals surface area contributed by atoms with Crippen LogP contribution in [0.5, 0.6) is 0 Å². The Bertz CT molecular complexity index is 552. The molecule has 0 aliphatic carbocycles. The fraction of sp³-hybridized carbons (Fsp3) is 0. The van der Waals surface area contributed by atoms with Crippen LogP contribution in [-0.2, 0) is 0 Å².